The van der Waals surface area contributed by atoms with Crippen LogP contribution in [0.2, 0.25) is 0 Å². The SMILES string of the molecule is CC(C)(NS(=O)(=O)c1ccc(N)c([N+](=O)[O-])c1)C1CC1. The number of benzene rings is 1. The summed E-state index contributed by atoms with van der Waals surface area (Å²) >= 11 is 0. The van der Waals surface area contributed by atoms with E-state index in [1.165, 1.54) is 12.1 Å². The topological polar surface area (TPSA) is 115 Å². The lowest BCUT2D eigenvalue weighted by atomic mass is 10.0. The van der Waals surface area contributed by atoms with Crippen molar-refractivity contribution < 1.29 is 13.3 Å². The van der Waals surface area contributed by atoms with Crippen LogP contribution >= 0.6 is 0 Å². The van der Waals surface area contributed by atoms with E-state index in [4.69, 9.17) is 5.73 Å². The van der Waals surface area contributed by atoms with Crippen LogP contribution < -0.4 is 10.5 Å². The third-order valence-corrected chi connectivity index (χ3v) is 5.17. The Morgan fingerprint density at radius 3 is 2.50 bits per heavy atom. The number of nitrogens with zero attached hydrogens (tertiary/aromatic N) is 1. The summed E-state index contributed by atoms with van der Waals surface area (Å²) in [6, 6.07) is 3.49. The maximum Gasteiger partial charge on any atom is 0.293 e. The lowest BCUT2D eigenvalue weighted by Gasteiger charge is -2.25. The van der Waals surface area contributed by atoms with Crippen molar-refractivity contribution in [3.8, 4) is 0 Å². The van der Waals surface area contributed by atoms with Gasteiger partial charge in [0.2, 0.25) is 10.0 Å². The fraction of sp³-hybridized carbons (Fsp3) is 0.500. The van der Waals surface area contributed by atoms with Gasteiger partial charge in [0.1, 0.15) is 5.69 Å². The van der Waals surface area contributed by atoms with Gasteiger partial charge >= 0.3 is 0 Å². The number of nitrogen functional groups attached to an aromatic ring is 1. The van der Waals surface area contributed by atoms with E-state index in [9.17, 15) is 18.5 Å². The van der Waals surface area contributed by atoms with Gasteiger partial charge in [0, 0.05) is 11.6 Å². The van der Waals surface area contributed by atoms with E-state index >= 15 is 0 Å². The summed E-state index contributed by atoms with van der Waals surface area (Å²) in [6.07, 6.45) is 1.97. The molecule has 1 aromatic carbocycles. The molecule has 1 aliphatic carbocycles. The zero-order valence-electron chi connectivity index (χ0n) is 11.3. The first-order chi connectivity index (χ1) is 9.13. The fourth-order valence-electron chi connectivity index (χ4n) is 2.14. The Kier molecular flexibility index (Phi) is 3.47. The first kappa shape index (κ1) is 14.7. The quantitative estimate of drug-likeness (QED) is 0.487. The maximum absolute atomic E-state index is 12.3. The summed E-state index contributed by atoms with van der Waals surface area (Å²) in [5, 5.41) is 10.8. The lowest BCUT2D eigenvalue weighted by molar-refractivity contribution is -0.384. The van der Waals surface area contributed by atoms with Crippen LogP contribution in [0.4, 0.5) is 11.4 Å². The highest BCUT2D eigenvalue weighted by molar-refractivity contribution is 7.89. The summed E-state index contributed by atoms with van der Waals surface area (Å²) in [4.78, 5) is 9.97. The monoisotopic (exact) mass is 299 g/mol. The Balaban J connectivity index is 2.34. The molecule has 7 nitrogen and oxygen atoms in total. The zero-order chi connectivity index (χ0) is 15.1. The van der Waals surface area contributed by atoms with Gasteiger partial charge in [-0.05, 0) is 44.7 Å². The number of hydrogen-bond acceptors (Lipinski definition) is 5. The molecule has 0 spiro atoms. The molecule has 8 heteroatoms. The second-order valence-corrected chi connectivity index (χ2v) is 7.26. The molecule has 0 bridgehead atoms. The molecular weight excluding hydrogens is 282 g/mol. The molecule has 0 saturated heterocycles. The normalized spacial score (nSPS) is 16.1. The van der Waals surface area contributed by atoms with E-state index in [0.717, 1.165) is 18.9 Å². The molecule has 1 saturated carbocycles. The molecule has 1 fully saturated rings. The van der Waals surface area contributed by atoms with Gasteiger partial charge in [-0.15, -0.1) is 0 Å². The Morgan fingerprint density at radius 2 is 2.00 bits per heavy atom. The molecule has 1 aromatic rings. The van der Waals surface area contributed by atoms with Crippen LogP contribution in [0.3, 0.4) is 0 Å². The summed E-state index contributed by atoms with van der Waals surface area (Å²) in [5.74, 6) is 0.307. The molecule has 1 aliphatic rings. The third-order valence-electron chi connectivity index (χ3n) is 3.50. The number of rotatable bonds is 5. The van der Waals surface area contributed by atoms with Crippen LogP contribution in [0.15, 0.2) is 23.1 Å². The Morgan fingerprint density at radius 1 is 1.40 bits per heavy atom. The minimum atomic E-state index is -3.81. The fourth-order valence-corrected chi connectivity index (χ4v) is 3.63. The molecule has 20 heavy (non-hydrogen) atoms. The van der Waals surface area contributed by atoms with Crippen molar-refractivity contribution in [2.75, 3.05) is 5.73 Å². The second kappa shape index (κ2) is 4.71. The van der Waals surface area contributed by atoms with Crippen LogP contribution in [0.1, 0.15) is 26.7 Å². The van der Waals surface area contributed by atoms with Crippen molar-refractivity contribution >= 4 is 21.4 Å². The van der Waals surface area contributed by atoms with E-state index in [2.05, 4.69) is 4.72 Å². The van der Waals surface area contributed by atoms with Crippen molar-refractivity contribution in [2.45, 2.75) is 37.1 Å². The molecule has 0 unspecified atom stereocenters. The molecule has 0 aliphatic heterocycles. The molecule has 0 amide bonds. The van der Waals surface area contributed by atoms with Crippen molar-refractivity contribution in [3.05, 3.63) is 28.3 Å². The summed E-state index contributed by atoms with van der Waals surface area (Å²) < 4.78 is 27.2. The number of hydrogen-bond donors (Lipinski definition) is 2. The molecular formula is C12H17N3O4S. The number of nitro benzene ring substituents is 1. The Hall–Kier alpha value is -1.67. The first-order valence-electron chi connectivity index (χ1n) is 6.21. The highest BCUT2D eigenvalue weighted by atomic mass is 32.2. The van der Waals surface area contributed by atoms with Gasteiger partial charge in [-0.2, -0.15) is 0 Å². The predicted octanol–water partition coefficient (Wildman–Crippen LogP) is 1.64. The summed E-state index contributed by atoms with van der Waals surface area (Å²) in [6.45, 7) is 3.63. The van der Waals surface area contributed by atoms with Gasteiger partial charge in [0.15, 0.2) is 0 Å². The predicted molar refractivity (Wildman–Crippen MR) is 74.6 cm³/mol. The van der Waals surface area contributed by atoms with Crippen molar-refractivity contribution in [1.29, 1.82) is 0 Å². The molecule has 2 rings (SSSR count). The highest BCUT2D eigenvalue weighted by Crippen LogP contribution is 2.40. The molecule has 110 valence electrons. The molecule has 0 atom stereocenters. The molecule has 0 aromatic heterocycles. The molecule has 0 heterocycles. The number of nitro groups is 1. The van der Waals surface area contributed by atoms with Crippen molar-refractivity contribution in [2.24, 2.45) is 5.92 Å². The molecule has 0 radical (unpaired) electrons. The first-order valence-corrected chi connectivity index (χ1v) is 7.70. The van der Waals surface area contributed by atoms with Crippen LogP contribution in [-0.2, 0) is 10.0 Å². The Labute approximate surface area is 117 Å². The van der Waals surface area contributed by atoms with E-state index < -0.39 is 26.2 Å². The zero-order valence-corrected chi connectivity index (χ0v) is 12.1. The van der Waals surface area contributed by atoms with Gasteiger partial charge in [0.05, 0.1) is 9.82 Å². The van der Waals surface area contributed by atoms with Crippen LogP contribution in [0, 0.1) is 16.0 Å². The minimum absolute atomic E-state index is 0.0598. The number of anilines is 1. The van der Waals surface area contributed by atoms with E-state index in [0.29, 0.717) is 5.92 Å². The van der Waals surface area contributed by atoms with Gasteiger partial charge in [-0.1, -0.05) is 0 Å². The number of nitrogens with two attached hydrogens (primary N) is 1. The average Bonchev–Trinajstić information content (AvgIpc) is 3.11. The lowest BCUT2D eigenvalue weighted by Crippen LogP contribution is -2.45. The maximum atomic E-state index is 12.3. The number of nitrogens with one attached hydrogen (secondary N) is 1. The number of sulfonamides is 1. The highest BCUT2D eigenvalue weighted by Gasteiger charge is 2.40. The van der Waals surface area contributed by atoms with E-state index in [1.807, 2.05) is 13.8 Å². The third kappa shape index (κ3) is 2.91. The van der Waals surface area contributed by atoms with Crippen LogP contribution in [0.25, 0.3) is 0 Å². The van der Waals surface area contributed by atoms with Gasteiger partial charge < -0.3 is 5.73 Å². The van der Waals surface area contributed by atoms with Crippen LogP contribution in [0.5, 0.6) is 0 Å². The smallest absolute Gasteiger partial charge is 0.293 e. The van der Waals surface area contributed by atoms with E-state index in [-0.39, 0.29) is 10.6 Å². The van der Waals surface area contributed by atoms with Crippen LogP contribution in [-0.4, -0.2) is 18.9 Å². The van der Waals surface area contributed by atoms with Crippen molar-refractivity contribution in [3.63, 3.8) is 0 Å². The van der Waals surface area contributed by atoms with Gasteiger partial charge in [0.25, 0.3) is 5.69 Å². The van der Waals surface area contributed by atoms with Gasteiger partial charge in [-0.3, -0.25) is 10.1 Å². The average molecular weight is 299 g/mol. The molecule has 3 N–H and O–H groups in total. The van der Waals surface area contributed by atoms with Gasteiger partial charge in [-0.25, -0.2) is 13.1 Å². The van der Waals surface area contributed by atoms with Crippen molar-refractivity contribution in [1.82, 2.24) is 4.72 Å². The standard InChI is InChI=1S/C12H17N3O4S/c1-12(2,8-3-4-8)14-20(18,19)9-5-6-10(13)11(7-9)15(16)17/h5-8,14H,3-4,13H2,1-2H3. The summed E-state index contributed by atoms with van der Waals surface area (Å²) in [7, 11) is -3.81. The largest absolute Gasteiger partial charge is 0.393 e. The Bertz CT molecular complexity index is 651. The summed E-state index contributed by atoms with van der Waals surface area (Å²) in [5.41, 5.74) is 4.44. The second-order valence-electron chi connectivity index (χ2n) is 5.58. The van der Waals surface area contributed by atoms with E-state index in [1.54, 1.807) is 0 Å². The minimum Gasteiger partial charge on any atom is -0.393 e.